The van der Waals surface area contributed by atoms with E-state index in [0.717, 1.165) is 24.2 Å². The van der Waals surface area contributed by atoms with E-state index < -0.39 is 5.60 Å². The summed E-state index contributed by atoms with van der Waals surface area (Å²) in [7, 11) is 0. The van der Waals surface area contributed by atoms with E-state index in [-0.39, 0.29) is 12.2 Å². The van der Waals surface area contributed by atoms with Gasteiger partial charge in [0.25, 0.3) is 0 Å². The van der Waals surface area contributed by atoms with Gasteiger partial charge in [0.2, 0.25) is 0 Å². The summed E-state index contributed by atoms with van der Waals surface area (Å²) in [6.45, 7) is 8.77. The van der Waals surface area contributed by atoms with Crippen molar-refractivity contribution in [1.29, 1.82) is 5.26 Å². The Bertz CT molecular complexity index is 675. The average Bonchev–Trinajstić information content (AvgIpc) is 2.54. The second-order valence-corrected chi connectivity index (χ2v) is 7.15. The minimum atomic E-state index is -0.476. The fraction of sp³-hybridized carbons (Fsp3) is 0.500. The molecule has 1 aliphatic rings. The van der Waals surface area contributed by atoms with Gasteiger partial charge in [-0.1, -0.05) is 12.2 Å². The van der Waals surface area contributed by atoms with Gasteiger partial charge in [-0.25, -0.2) is 4.79 Å². The first-order chi connectivity index (χ1) is 11.8. The number of hydrogen-bond donors (Lipinski definition) is 0. The number of rotatable bonds is 3. The Morgan fingerprint density at radius 3 is 2.56 bits per heavy atom. The largest absolute Gasteiger partial charge is 0.490 e. The second-order valence-electron chi connectivity index (χ2n) is 7.15. The number of likely N-dealkylation sites (tertiary alicyclic amines) is 1. The molecule has 25 heavy (non-hydrogen) atoms. The van der Waals surface area contributed by atoms with Crippen LogP contribution in [0.1, 0.15) is 51.7 Å². The van der Waals surface area contributed by atoms with Gasteiger partial charge in [-0.05, 0) is 51.5 Å². The normalized spacial score (nSPS) is 15.9. The van der Waals surface area contributed by atoms with E-state index in [9.17, 15) is 4.79 Å². The van der Waals surface area contributed by atoms with Gasteiger partial charge in [0, 0.05) is 25.9 Å². The molecule has 1 aromatic carbocycles. The summed E-state index contributed by atoms with van der Waals surface area (Å²) in [5, 5.41) is 9.15. The van der Waals surface area contributed by atoms with Crippen molar-refractivity contribution in [3.63, 3.8) is 0 Å². The van der Waals surface area contributed by atoms with Crippen molar-refractivity contribution in [1.82, 2.24) is 4.90 Å². The molecule has 0 aliphatic carbocycles. The minimum Gasteiger partial charge on any atom is -0.490 e. The molecule has 0 N–H and O–H groups in total. The first kappa shape index (κ1) is 18.9. The van der Waals surface area contributed by atoms with Gasteiger partial charge >= 0.3 is 6.09 Å². The molecule has 0 radical (unpaired) electrons. The molecule has 5 nitrogen and oxygen atoms in total. The molecule has 1 amide bonds. The number of carbonyl (C=O) groups is 1. The number of benzene rings is 1. The maximum Gasteiger partial charge on any atom is 0.410 e. The summed E-state index contributed by atoms with van der Waals surface area (Å²) in [5.41, 5.74) is 1.01. The van der Waals surface area contributed by atoms with Crippen LogP contribution in [0.4, 0.5) is 4.79 Å². The molecule has 0 unspecified atom stereocenters. The Hall–Kier alpha value is -2.48. The number of allylic oxidation sites excluding steroid dienone is 1. The van der Waals surface area contributed by atoms with Gasteiger partial charge in [0.05, 0.1) is 11.6 Å². The zero-order chi connectivity index (χ0) is 18.4. The average molecular weight is 342 g/mol. The Balaban J connectivity index is 1.93. The molecule has 0 saturated carbocycles. The highest BCUT2D eigenvalue weighted by molar-refractivity contribution is 5.68. The number of hydrogen-bond acceptors (Lipinski definition) is 4. The van der Waals surface area contributed by atoms with E-state index >= 15 is 0 Å². The lowest BCUT2D eigenvalue weighted by Crippen LogP contribution is -2.44. The van der Waals surface area contributed by atoms with E-state index in [1.54, 1.807) is 11.0 Å². The predicted octanol–water partition coefficient (Wildman–Crippen LogP) is 4.37. The van der Waals surface area contributed by atoms with E-state index in [4.69, 9.17) is 14.7 Å². The summed E-state index contributed by atoms with van der Waals surface area (Å²) < 4.78 is 11.5. The lowest BCUT2D eigenvalue weighted by Gasteiger charge is -2.33. The third-order valence-corrected chi connectivity index (χ3v) is 3.89. The van der Waals surface area contributed by atoms with Gasteiger partial charge in [-0.2, -0.15) is 5.26 Å². The number of nitrogens with zero attached hydrogens (tertiary/aromatic N) is 2. The van der Waals surface area contributed by atoms with Crippen LogP contribution in [0.5, 0.6) is 5.75 Å². The summed E-state index contributed by atoms with van der Waals surface area (Å²) in [4.78, 5) is 13.8. The molecule has 0 atom stereocenters. The quantitative estimate of drug-likeness (QED) is 0.818. The third-order valence-electron chi connectivity index (χ3n) is 3.89. The fourth-order valence-electron chi connectivity index (χ4n) is 2.71. The van der Waals surface area contributed by atoms with Gasteiger partial charge < -0.3 is 14.4 Å². The van der Waals surface area contributed by atoms with Crippen molar-refractivity contribution >= 4 is 12.2 Å². The Labute approximate surface area is 149 Å². The van der Waals surface area contributed by atoms with E-state index in [0.29, 0.717) is 18.7 Å². The summed E-state index contributed by atoms with van der Waals surface area (Å²) in [6, 6.07) is 7.67. The molecule has 1 fully saturated rings. The first-order valence-corrected chi connectivity index (χ1v) is 8.64. The topological polar surface area (TPSA) is 62.6 Å². The van der Waals surface area contributed by atoms with Crippen molar-refractivity contribution < 1.29 is 14.3 Å². The smallest absolute Gasteiger partial charge is 0.410 e. The van der Waals surface area contributed by atoms with Gasteiger partial charge in [0.1, 0.15) is 17.5 Å². The predicted molar refractivity (Wildman–Crippen MR) is 97.3 cm³/mol. The molecule has 1 heterocycles. The SMILES string of the molecule is C/C=C/c1cc(OC2CCN(C(=O)OC(C)(C)C)CC2)ccc1C#N. The Morgan fingerprint density at radius 2 is 2.00 bits per heavy atom. The first-order valence-electron chi connectivity index (χ1n) is 8.64. The number of nitriles is 1. The van der Waals surface area contributed by atoms with Crippen LogP contribution in [-0.2, 0) is 4.74 Å². The molecule has 0 aromatic heterocycles. The molecule has 1 aromatic rings. The molecule has 0 bridgehead atoms. The van der Waals surface area contributed by atoms with Crippen molar-refractivity contribution in [2.24, 2.45) is 0 Å². The van der Waals surface area contributed by atoms with E-state index in [2.05, 4.69) is 6.07 Å². The maximum atomic E-state index is 12.1. The fourth-order valence-corrected chi connectivity index (χ4v) is 2.71. The highest BCUT2D eigenvalue weighted by Crippen LogP contribution is 2.23. The summed E-state index contributed by atoms with van der Waals surface area (Å²) in [6.07, 6.45) is 5.12. The van der Waals surface area contributed by atoms with Crippen LogP contribution in [0.2, 0.25) is 0 Å². The zero-order valence-corrected chi connectivity index (χ0v) is 15.4. The molecule has 134 valence electrons. The van der Waals surface area contributed by atoms with Crippen molar-refractivity contribution in [3.8, 4) is 11.8 Å². The Kier molecular flexibility index (Phi) is 6.08. The summed E-state index contributed by atoms with van der Waals surface area (Å²) in [5.74, 6) is 0.753. The zero-order valence-electron chi connectivity index (χ0n) is 15.4. The summed E-state index contributed by atoms with van der Waals surface area (Å²) >= 11 is 0. The van der Waals surface area contributed by atoms with Gasteiger partial charge in [0.15, 0.2) is 0 Å². The number of ether oxygens (including phenoxy) is 2. The van der Waals surface area contributed by atoms with Crippen LogP contribution in [-0.4, -0.2) is 35.8 Å². The second kappa shape index (κ2) is 8.06. The lowest BCUT2D eigenvalue weighted by molar-refractivity contribution is 0.0126. The van der Waals surface area contributed by atoms with Crippen LogP contribution in [0.15, 0.2) is 24.3 Å². The third kappa shape index (κ3) is 5.53. The maximum absolute atomic E-state index is 12.1. The van der Waals surface area contributed by atoms with Crippen molar-refractivity contribution in [2.45, 2.75) is 52.2 Å². The van der Waals surface area contributed by atoms with Gasteiger partial charge in [-0.15, -0.1) is 0 Å². The van der Waals surface area contributed by atoms with Crippen LogP contribution >= 0.6 is 0 Å². The van der Waals surface area contributed by atoms with Crippen LogP contribution in [0.25, 0.3) is 6.08 Å². The van der Waals surface area contributed by atoms with Crippen LogP contribution in [0, 0.1) is 11.3 Å². The van der Waals surface area contributed by atoms with Gasteiger partial charge in [-0.3, -0.25) is 0 Å². The molecular formula is C20H26N2O3. The minimum absolute atomic E-state index is 0.0603. The molecule has 2 rings (SSSR count). The van der Waals surface area contributed by atoms with Crippen molar-refractivity contribution in [3.05, 3.63) is 35.4 Å². The number of piperidine rings is 1. The molecule has 0 spiro atoms. The number of amides is 1. The standard InChI is InChI=1S/C20H26N2O3/c1-5-6-15-13-18(8-7-16(15)14-21)24-17-9-11-22(12-10-17)19(23)25-20(2,3)4/h5-8,13,17H,9-12H2,1-4H3/b6-5+. The monoisotopic (exact) mass is 342 g/mol. The number of carbonyl (C=O) groups excluding carboxylic acids is 1. The van der Waals surface area contributed by atoms with E-state index in [1.807, 2.05) is 52.0 Å². The van der Waals surface area contributed by atoms with E-state index in [1.165, 1.54) is 0 Å². The highest BCUT2D eigenvalue weighted by Gasteiger charge is 2.27. The molecular weight excluding hydrogens is 316 g/mol. The molecule has 1 aliphatic heterocycles. The highest BCUT2D eigenvalue weighted by atomic mass is 16.6. The van der Waals surface area contributed by atoms with Crippen molar-refractivity contribution in [2.75, 3.05) is 13.1 Å². The Morgan fingerprint density at radius 1 is 1.32 bits per heavy atom. The lowest BCUT2D eigenvalue weighted by atomic mass is 10.1. The molecule has 1 saturated heterocycles. The van der Waals surface area contributed by atoms with Crippen LogP contribution in [0.3, 0.4) is 0 Å². The molecule has 5 heteroatoms. The van der Waals surface area contributed by atoms with Crippen LogP contribution < -0.4 is 4.74 Å².